The second-order valence-electron chi connectivity index (χ2n) is 6.10. The second-order valence-corrected chi connectivity index (χ2v) is 6.10. The number of hydrogen-bond donors (Lipinski definition) is 1. The van der Waals surface area contributed by atoms with Crippen molar-refractivity contribution in [3.63, 3.8) is 0 Å². The number of amides is 1. The van der Waals surface area contributed by atoms with Crippen molar-refractivity contribution in [2.45, 2.75) is 39.5 Å². The lowest BCUT2D eigenvalue weighted by molar-refractivity contribution is -0.125. The van der Waals surface area contributed by atoms with E-state index in [9.17, 15) is 9.59 Å². The van der Waals surface area contributed by atoms with Gasteiger partial charge in [0.25, 0.3) is 5.91 Å². The number of nitrogens with zero attached hydrogens (tertiary/aromatic N) is 1. The highest BCUT2D eigenvalue weighted by Crippen LogP contribution is 2.38. The average Bonchev–Trinajstić information content (AvgIpc) is 3.18. The minimum Gasteiger partial charge on any atom is -0.345 e. The zero-order valence-corrected chi connectivity index (χ0v) is 11.7. The Morgan fingerprint density at radius 3 is 2.63 bits per heavy atom. The molecule has 1 N–H and O–H groups in total. The minimum atomic E-state index is -0.426. The van der Waals surface area contributed by atoms with Crippen LogP contribution in [0.1, 0.15) is 55.6 Å². The molecular weight excluding hydrogens is 240 g/mol. The van der Waals surface area contributed by atoms with Crippen LogP contribution in [0.2, 0.25) is 0 Å². The van der Waals surface area contributed by atoms with Gasteiger partial charge in [0.05, 0.1) is 6.54 Å². The summed E-state index contributed by atoms with van der Waals surface area (Å²) in [5.74, 6) is 0.336. The predicted molar refractivity (Wildman–Crippen MR) is 73.0 cm³/mol. The molecule has 0 bridgehead atoms. The van der Waals surface area contributed by atoms with E-state index >= 15 is 0 Å². The summed E-state index contributed by atoms with van der Waals surface area (Å²) < 4.78 is 0. The van der Waals surface area contributed by atoms with Crippen molar-refractivity contribution in [3.05, 3.63) is 29.6 Å². The molecular formula is C15H20N2O2. The van der Waals surface area contributed by atoms with Gasteiger partial charge in [-0.05, 0) is 25.0 Å². The number of carbonyl (C=O) groups is 2. The van der Waals surface area contributed by atoms with Crippen molar-refractivity contribution >= 4 is 11.7 Å². The monoisotopic (exact) mass is 260 g/mol. The van der Waals surface area contributed by atoms with E-state index in [1.165, 1.54) is 0 Å². The van der Waals surface area contributed by atoms with Gasteiger partial charge in [0.15, 0.2) is 5.78 Å². The Labute approximate surface area is 113 Å². The molecule has 0 unspecified atom stereocenters. The molecule has 1 heterocycles. The fraction of sp³-hybridized carbons (Fsp3) is 0.533. The summed E-state index contributed by atoms with van der Waals surface area (Å²) in [4.78, 5) is 28.0. The van der Waals surface area contributed by atoms with Crippen LogP contribution in [0.4, 0.5) is 0 Å². The number of nitrogens with one attached hydrogen (secondary N) is 1. The van der Waals surface area contributed by atoms with E-state index in [2.05, 4.69) is 10.3 Å². The minimum absolute atomic E-state index is 0.0253. The molecule has 1 aliphatic carbocycles. The van der Waals surface area contributed by atoms with Gasteiger partial charge < -0.3 is 5.32 Å². The predicted octanol–water partition coefficient (Wildman–Crippen LogP) is 2.30. The van der Waals surface area contributed by atoms with Crippen LogP contribution in [-0.2, 0) is 4.79 Å². The molecule has 102 valence electrons. The smallest absolute Gasteiger partial charge is 0.251 e. The van der Waals surface area contributed by atoms with Crippen molar-refractivity contribution in [1.29, 1.82) is 0 Å². The number of Topliss-reactive ketones (excluding diaryl/α,β-unsaturated/α-hetero) is 1. The van der Waals surface area contributed by atoms with Gasteiger partial charge in [-0.15, -0.1) is 0 Å². The maximum atomic E-state index is 12.0. The quantitative estimate of drug-likeness (QED) is 0.903. The molecule has 0 aliphatic heterocycles. The number of aromatic nitrogens is 1. The van der Waals surface area contributed by atoms with Gasteiger partial charge in [-0.25, -0.2) is 0 Å². The lowest BCUT2D eigenvalue weighted by Crippen LogP contribution is -2.35. The lowest BCUT2D eigenvalue weighted by Gasteiger charge is -2.16. The molecule has 4 heteroatoms. The number of rotatable bonds is 4. The Bertz CT molecular complexity index is 499. The van der Waals surface area contributed by atoms with Crippen molar-refractivity contribution in [1.82, 2.24) is 10.3 Å². The molecule has 0 aromatic carbocycles. The SMILES string of the molecule is CC(C)(C)C(=O)CNC(=O)c1ccnc(C2CC2)c1. The molecule has 4 nitrogen and oxygen atoms in total. The highest BCUT2D eigenvalue weighted by molar-refractivity contribution is 5.97. The fourth-order valence-corrected chi connectivity index (χ4v) is 1.72. The van der Waals surface area contributed by atoms with Gasteiger partial charge in [0, 0.05) is 28.8 Å². The highest BCUT2D eigenvalue weighted by atomic mass is 16.2. The normalized spacial score (nSPS) is 15.1. The third-order valence-electron chi connectivity index (χ3n) is 3.28. The van der Waals surface area contributed by atoms with Gasteiger partial charge in [-0.2, -0.15) is 0 Å². The fourth-order valence-electron chi connectivity index (χ4n) is 1.72. The molecule has 1 aromatic rings. The van der Waals surface area contributed by atoms with Crippen molar-refractivity contribution in [2.75, 3.05) is 6.54 Å². The summed E-state index contributed by atoms with van der Waals surface area (Å²) in [6.45, 7) is 5.61. The van der Waals surface area contributed by atoms with Gasteiger partial charge in [0.1, 0.15) is 0 Å². The molecule has 19 heavy (non-hydrogen) atoms. The number of pyridine rings is 1. The number of carbonyl (C=O) groups excluding carboxylic acids is 2. The molecule has 0 spiro atoms. The van der Waals surface area contributed by atoms with Crippen LogP contribution in [0.5, 0.6) is 0 Å². The first-order valence-electron chi connectivity index (χ1n) is 6.65. The van der Waals surface area contributed by atoms with Gasteiger partial charge in [0.2, 0.25) is 0 Å². The zero-order chi connectivity index (χ0) is 14.0. The Morgan fingerprint density at radius 2 is 2.05 bits per heavy atom. The van der Waals surface area contributed by atoms with E-state index in [0.717, 1.165) is 18.5 Å². The van der Waals surface area contributed by atoms with E-state index in [0.29, 0.717) is 11.5 Å². The summed E-state index contributed by atoms with van der Waals surface area (Å²) in [6, 6.07) is 3.51. The van der Waals surface area contributed by atoms with Crippen molar-refractivity contribution < 1.29 is 9.59 Å². The lowest BCUT2D eigenvalue weighted by atomic mass is 9.91. The molecule has 1 fully saturated rings. The Balaban J connectivity index is 1.96. The third kappa shape index (κ3) is 3.63. The third-order valence-corrected chi connectivity index (χ3v) is 3.28. The maximum absolute atomic E-state index is 12.0. The number of hydrogen-bond acceptors (Lipinski definition) is 3. The summed E-state index contributed by atoms with van der Waals surface area (Å²) in [5.41, 5.74) is 1.14. The van der Waals surface area contributed by atoms with Gasteiger partial charge >= 0.3 is 0 Å². The van der Waals surface area contributed by atoms with Crippen molar-refractivity contribution in [2.24, 2.45) is 5.41 Å². The molecule has 0 atom stereocenters. The van der Waals surface area contributed by atoms with Gasteiger partial charge in [-0.1, -0.05) is 20.8 Å². The molecule has 1 aliphatic rings. The summed E-state index contributed by atoms with van der Waals surface area (Å²) >= 11 is 0. The first kappa shape index (κ1) is 13.7. The van der Waals surface area contributed by atoms with Crippen molar-refractivity contribution in [3.8, 4) is 0 Å². The molecule has 0 saturated heterocycles. The van der Waals surface area contributed by atoms with Crippen LogP contribution < -0.4 is 5.32 Å². The molecule has 1 aromatic heterocycles. The summed E-state index contributed by atoms with van der Waals surface area (Å²) in [6.07, 6.45) is 3.97. The van der Waals surface area contributed by atoms with Crippen LogP contribution in [0.25, 0.3) is 0 Å². The Morgan fingerprint density at radius 1 is 1.37 bits per heavy atom. The molecule has 1 amide bonds. The zero-order valence-electron chi connectivity index (χ0n) is 11.7. The van der Waals surface area contributed by atoms with Crippen LogP contribution in [0.15, 0.2) is 18.3 Å². The summed E-state index contributed by atoms with van der Waals surface area (Å²) in [5, 5.41) is 2.68. The van der Waals surface area contributed by atoms with Crippen LogP contribution in [0.3, 0.4) is 0 Å². The molecule has 0 radical (unpaired) electrons. The first-order chi connectivity index (χ1) is 8.88. The van der Waals surface area contributed by atoms with Gasteiger partial charge in [-0.3, -0.25) is 14.6 Å². The molecule has 1 saturated carbocycles. The highest BCUT2D eigenvalue weighted by Gasteiger charge is 2.26. The molecule has 2 rings (SSSR count). The van der Waals surface area contributed by atoms with E-state index in [-0.39, 0.29) is 18.2 Å². The Hall–Kier alpha value is -1.71. The number of ketones is 1. The van der Waals surface area contributed by atoms with Crippen LogP contribution in [0, 0.1) is 5.41 Å². The second kappa shape index (κ2) is 5.11. The largest absolute Gasteiger partial charge is 0.345 e. The van der Waals surface area contributed by atoms with E-state index in [1.807, 2.05) is 26.8 Å². The van der Waals surface area contributed by atoms with E-state index in [1.54, 1.807) is 12.3 Å². The van der Waals surface area contributed by atoms with E-state index < -0.39 is 5.41 Å². The van der Waals surface area contributed by atoms with E-state index in [4.69, 9.17) is 0 Å². The average molecular weight is 260 g/mol. The first-order valence-corrected chi connectivity index (χ1v) is 6.65. The maximum Gasteiger partial charge on any atom is 0.251 e. The topological polar surface area (TPSA) is 59.1 Å². The standard InChI is InChI=1S/C15H20N2O2/c1-15(2,3)13(18)9-17-14(19)11-6-7-16-12(8-11)10-4-5-10/h6-8,10H,4-5,9H2,1-3H3,(H,17,19). The Kier molecular flexibility index (Phi) is 3.69. The van der Waals surface area contributed by atoms with Crippen LogP contribution >= 0.6 is 0 Å². The summed E-state index contributed by atoms with van der Waals surface area (Å²) in [7, 11) is 0. The van der Waals surface area contributed by atoms with Crippen LogP contribution in [-0.4, -0.2) is 23.2 Å².